The lowest BCUT2D eigenvalue weighted by atomic mass is 10.2. The maximum atomic E-state index is 4.35. The molecule has 1 N–H and O–H groups in total. The summed E-state index contributed by atoms with van der Waals surface area (Å²) in [7, 11) is 2.20. The van der Waals surface area contributed by atoms with Crippen molar-refractivity contribution in [1.82, 2.24) is 15.2 Å². The molecule has 17 heavy (non-hydrogen) atoms. The quantitative estimate of drug-likeness (QED) is 0.777. The largest absolute Gasteiger partial charge is 0.312 e. The van der Waals surface area contributed by atoms with Gasteiger partial charge in [-0.25, -0.2) is 0 Å². The van der Waals surface area contributed by atoms with Gasteiger partial charge in [-0.3, -0.25) is 4.98 Å². The van der Waals surface area contributed by atoms with Gasteiger partial charge in [0.15, 0.2) is 0 Å². The van der Waals surface area contributed by atoms with E-state index in [1.54, 1.807) is 0 Å². The summed E-state index contributed by atoms with van der Waals surface area (Å²) in [5, 5.41) is 3.58. The van der Waals surface area contributed by atoms with Crippen molar-refractivity contribution in [2.75, 3.05) is 20.1 Å². The first-order valence-corrected chi connectivity index (χ1v) is 6.59. The molecule has 1 unspecified atom stereocenters. The Morgan fingerprint density at radius 1 is 1.47 bits per heavy atom. The molecule has 1 aromatic rings. The monoisotopic (exact) mass is 233 g/mol. The summed E-state index contributed by atoms with van der Waals surface area (Å²) in [4.78, 5) is 6.76. The van der Waals surface area contributed by atoms with E-state index in [2.05, 4.69) is 41.3 Å². The fourth-order valence-electron chi connectivity index (χ4n) is 1.84. The molecule has 3 heteroatoms. The highest BCUT2D eigenvalue weighted by atomic mass is 15.1. The number of hydrogen-bond donors (Lipinski definition) is 1. The molecule has 1 saturated carbocycles. The lowest BCUT2D eigenvalue weighted by Gasteiger charge is -2.24. The van der Waals surface area contributed by atoms with E-state index in [0.717, 1.165) is 25.6 Å². The van der Waals surface area contributed by atoms with Crippen LogP contribution in [-0.4, -0.2) is 42.1 Å². The zero-order valence-corrected chi connectivity index (χ0v) is 10.9. The number of hydrogen-bond acceptors (Lipinski definition) is 3. The van der Waals surface area contributed by atoms with Crippen LogP contribution in [0.4, 0.5) is 0 Å². The molecule has 1 aliphatic carbocycles. The lowest BCUT2D eigenvalue weighted by molar-refractivity contribution is 0.252. The van der Waals surface area contributed by atoms with Crippen LogP contribution in [0.2, 0.25) is 0 Å². The van der Waals surface area contributed by atoms with Gasteiger partial charge in [-0.15, -0.1) is 0 Å². The molecule has 2 rings (SSSR count). The standard InChI is InChI=1S/C14H23N3/c1-12(11-16-14-6-7-14)17(2)10-8-13-5-3-4-9-15-13/h3-5,9,12,14,16H,6-8,10-11H2,1-2H3. The van der Waals surface area contributed by atoms with E-state index < -0.39 is 0 Å². The third-order valence-corrected chi connectivity index (χ3v) is 3.48. The predicted octanol–water partition coefficient (Wildman–Crippen LogP) is 1.70. The van der Waals surface area contributed by atoms with Crippen LogP contribution < -0.4 is 5.32 Å². The van der Waals surface area contributed by atoms with Crippen molar-refractivity contribution >= 4 is 0 Å². The molecular formula is C14H23N3. The molecule has 1 heterocycles. The van der Waals surface area contributed by atoms with Gasteiger partial charge in [0, 0.05) is 43.5 Å². The first kappa shape index (κ1) is 12.5. The van der Waals surface area contributed by atoms with Crippen molar-refractivity contribution in [2.45, 2.75) is 38.3 Å². The second-order valence-corrected chi connectivity index (χ2v) is 5.08. The zero-order valence-electron chi connectivity index (χ0n) is 10.9. The van der Waals surface area contributed by atoms with Crippen molar-refractivity contribution in [3.05, 3.63) is 30.1 Å². The molecule has 3 nitrogen and oxygen atoms in total. The van der Waals surface area contributed by atoms with Gasteiger partial charge < -0.3 is 10.2 Å². The third-order valence-electron chi connectivity index (χ3n) is 3.48. The van der Waals surface area contributed by atoms with Gasteiger partial charge >= 0.3 is 0 Å². The second-order valence-electron chi connectivity index (χ2n) is 5.08. The Labute approximate surface area is 104 Å². The van der Waals surface area contributed by atoms with Crippen LogP contribution in [-0.2, 0) is 6.42 Å². The highest BCUT2D eigenvalue weighted by Crippen LogP contribution is 2.18. The number of nitrogens with zero attached hydrogens (tertiary/aromatic N) is 2. The molecule has 1 aliphatic rings. The van der Waals surface area contributed by atoms with Crippen LogP contribution in [0.15, 0.2) is 24.4 Å². The molecule has 0 aliphatic heterocycles. The predicted molar refractivity (Wildman–Crippen MR) is 71.1 cm³/mol. The minimum atomic E-state index is 0.597. The minimum absolute atomic E-state index is 0.597. The normalized spacial score (nSPS) is 17.4. The Balaban J connectivity index is 1.66. The summed E-state index contributed by atoms with van der Waals surface area (Å²) >= 11 is 0. The van der Waals surface area contributed by atoms with Crippen molar-refractivity contribution in [3.63, 3.8) is 0 Å². The van der Waals surface area contributed by atoms with Crippen LogP contribution in [0.1, 0.15) is 25.5 Å². The molecule has 1 atom stereocenters. The summed E-state index contributed by atoms with van der Waals surface area (Å²) in [6, 6.07) is 7.53. The van der Waals surface area contributed by atoms with E-state index in [4.69, 9.17) is 0 Å². The maximum Gasteiger partial charge on any atom is 0.0416 e. The van der Waals surface area contributed by atoms with Crippen LogP contribution >= 0.6 is 0 Å². The molecular weight excluding hydrogens is 210 g/mol. The average Bonchev–Trinajstić information content (AvgIpc) is 3.18. The van der Waals surface area contributed by atoms with Gasteiger partial charge in [-0.05, 0) is 38.9 Å². The third kappa shape index (κ3) is 4.44. The van der Waals surface area contributed by atoms with Crippen molar-refractivity contribution in [1.29, 1.82) is 0 Å². The number of aromatic nitrogens is 1. The van der Waals surface area contributed by atoms with E-state index in [9.17, 15) is 0 Å². The minimum Gasteiger partial charge on any atom is -0.312 e. The van der Waals surface area contributed by atoms with E-state index in [-0.39, 0.29) is 0 Å². The molecule has 0 spiro atoms. The van der Waals surface area contributed by atoms with Gasteiger partial charge in [-0.1, -0.05) is 6.07 Å². The van der Waals surface area contributed by atoms with Gasteiger partial charge in [0.05, 0.1) is 0 Å². The Bertz CT molecular complexity index is 321. The van der Waals surface area contributed by atoms with Crippen molar-refractivity contribution < 1.29 is 0 Å². The average molecular weight is 233 g/mol. The zero-order chi connectivity index (χ0) is 12.1. The van der Waals surface area contributed by atoms with Crippen LogP contribution in [0.3, 0.4) is 0 Å². The molecule has 0 radical (unpaired) electrons. The number of pyridine rings is 1. The van der Waals surface area contributed by atoms with Crippen LogP contribution in [0.5, 0.6) is 0 Å². The van der Waals surface area contributed by atoms with Crippen LogP contribution in [0.25, 0.3) is 0 Å². The first-order chi connectivity index (χ1) is 8.25. The SMILES string of the molecule is CC(CNC1CC1)N(C)CCc1ccccn1. The fourth-order valence-corrected chi connectivity index (χ4v) is 1.84. The smallest absolute Gasteiger partial charge is 0.0416 e. The highest BCUT2D eigenvalue weighted by molar-refractivity contribution is 5.03. The van der Waals surface area contributed by atoms with Gasteiger partial charge in [0.2, 0.25) is 0 Å². The Hall–Kier alpha value is -0.930. The molecule has 0 aromatic carbocycles. The number of rotatable bonds is 7. The van der Waals surface area contributed by atoms with E-state index in [0.29, 0.717) is 6.04 Å². The second kappa shape index (κ2) is 6.12. The first-order valence-electron chi connectivity index (χ1n) is 6.59. The topological polar surface area (TPSA) is 28.2 Å². The Morgan fingerprint density at radius 2 is 2.29 bits per heavy atom. The molecule has 1 aromatic heterocycles. The Morgan fingerprint density at radius 3 is 2.94 bits per heavy atom. The van der Waals surface area contributed by atoms with Gasteiger partial charge in [0.1, 0.15) is 0 Å². The van der Waals surface area contributed by atoms with Crippen molar-refractivity contribution in [2.24, 2.45) is 0 Å². The number of likely N-dealkylation sites (N-methyl/N-ethyl adjacent to an activating group) is 1. The lowest BCUT2D eigenvalue weighted by Crippen LogP contribution is -2.39. The van der Waals surface area contributed by atoms with E-state index in [1.807, 2.05) is 12.3 Å². The summed E-state index contributed by atoms with van der Waals surface area (Å²) in [5.41, 5.74) is 1.18. The molecule has 0 saturated heterocycles. The van der Waals surface area contributed by atoms with Crippen molar-refractivity contribution in [3.8, 4) is 0 Å². The van der Waals surface area contributed by atoms with E-state index >= 15 is 0 Å². The molecule has 0 bridgehead atoms. The number of nitrogens with one attached hydrogen (secondary N) is 1. The molecule has 0 amide bonds. The summed E-state index contributed by atoms with van der Waals surface area (Å²) in [5.74, 6) is 0. The Kier molecular flexibility index (Phi) is 4.51. The van der Waals surface area contributed by atoms with E-state index in [1.165, 1.54) is 18.5 Å². The highest BCUT2D eigenvalue weighted by Gasteiger charge is 2.21. The fraction of sp³-hybridized carbons (Fsp3) is 0.643. The maximum absolute atomic E-state index is 4.35. The summed E-state index contributed by atoms with van der Waals surface area (Å²) in [6.07, 6.45) is 5.63. The molecule has 94 valence electrons. The van der Waals surface area contributed by atoms with Gasteiger partial charge in [0.25, 0.3) is 0 Å². The molecule has 1 fully saturated rings. The van der Waals surface area contributed by atoms with Gasteiger partial charge in [-0.2, -0.15) is 0 Å². The summed E-state index contributed by atoms with van der Waals surface area (Å²) < 4.78 is 0. The summed E-state index contributed by atoms with van der Waals surface area (Å²) in [6.45, 7) is 4.46. The van der Waals surface area contributed by atoms with Crippen LogP contribution in [0, 0.1) is 0 Å².